The maximum absolute atomic E-state index is 10.6. The second kappa shape index (κ2) is 4.23. The maximum atomic E-state index is 10.6. The Morgan fingerprint density at radius 2 is 1.42 bits per heavy atom. The molecule has 0 aromatic carbocycles. The molecule has 0 saturated carbocycles. The van der Waals surface area contributed by atoms with Gasteiger partial charge in [-0.2, -0.15) is 21.6 Å². The molecular formula is C2H4F3NO5S. The molecule has 0 bridgehead atoms. The standard InChI is InChI=1S/C2HF3O2.H3NO3S/c3-2(4,5)1(6)7;1-5(2,3)4/h(H,6,7);(H3,1,2,3,4). The quantitative estimate of drug-likeness (QED) is 0.461. The van der Waals surface area contributed by atoms with Gasteiger partial charge in [0.2, 0.25) is 0 Å². The molecule has 0 aliphatic carbocycles. The summed E-state index contributed by atoms with van der Waals surface area (Å²) < 4.78 is 56.9. The summed E-state index contributed by atoms with van der Waals surface area (Å²) >= 11 is 0. The number of nitrogens with two attached hydrogens (primary N) is 1. The monoisotopic (exact) mass is 211 g/mol. The number of hydrogen-bond acceptors (Lipinski definition) is 3. The van der Waals surface area contributed by atoms with Gasteiger partial charge in [0.05, 0.1) is 0 Å². The molecule has 6 nitrogen and oxygen atoms in total. The fourth-order valence-electron chi connectivity index (χ4n) is 0. The first-order valence-corrected chi connectivity index (χ1v) is 3.50. The zero-order valence-corrected chi connectivity index (χ0v) is 6.06. The van der Waals surface area contributed by atoms with Crippen molar-refractivity contribution in [2.45, 2.75) is 6.18 Å². The van der Waals surface area contributed by atoms with Crippen LogP contribution in [0.3, 0.4) is 0 Å². The number of halogens is 3. The van der Waals surface area contributed by atoms with E-state index in [1.807, 2.05) is 0 Å². The fourth-order valence-corrected chi connectivity index (χ4v) is 0. The van der Waals surface area contributed by atoms with Crippen LogP contribution in [-0.2, 0) is 15.1 Å². The van der Waals surface area contributed by atoms with Crippen LogP contribution < -0.4 is 5.14 Å². The van der Waals surface area contributed by atoms with Gasteiger partial charge in [-0.25, -0.2) is 9.93 Å². The molecule has 0 aliphatic heterocycles. The van der Waals surface area contributed by atoms with Crippen molar-refractivity contribution in [3.63, 3.8) is 0 Å². The van der Waals surface area contributed by atoms with Crippen molar-refractivity contribution in [1.82, 2.24) is 0 Å². The van der Waals surface area contributed by atoms with Crippen molar-refractivity contribution >= 4 is 16.3 Å². The Kier molecular flexibility index (Phi) is 4.83. The molecule has 0 rings (SSSR count). The van der Waals surface area contributed by atoms with E-state index in [0.717, 1.165) is 0 Å². The van der Waals surface area contributed by atoms with Crippen molar-refractivity contribution in [3.05, 3.63) is 0 Å². The second-order valence-corrected chi connectivity index (χ2v) is 2.35. The number of carboxylic acids is 1. The molecule has 4 N–H and O–H groups in total. The highest BCUT2D eigenvalue weighted by atomic mass is 32.2. The number of carboxylic acid groups (broad SMARTS) is 1. The van der Waals surface area contributed by atoms with Gasteiger partial charge in [-0.05, 0) is 0 Å². The summed E-state index contributed by atoms with van der Waals surface area (Å²) in [5.41, 5.74) is 0. The summed E-state index contributed by atoms with van der Waals surface area (Å²) in [4.78, 5) is 8.90. The van der Waals surface area contributed by atoms with E-state index in [-0.39, 0.29) is 0 Å². The molecule has 10 heteroatoms. The predicted octanol–water partition coefficient (Wildman–Crippen LogP) is -0.619. The van der Waals surface area contributed by atoms with Crippen LogP contribution in [0.15, 0.2) is 0 Å². The summed E-state index contributed by atoms with van der Waals surface area (Å²) in [6.45, 7) is 0. The third-order valence-electron chi connectivity index (χ3n) is 0.243. The van der Waals surface area contributed by atoms with E-state index in [0.29, 0.717) is 0 Å². The lowest BCUT2D eigenvalue weighted by atomic mass is 10.7. The SMILES string of the molecule is NS(=O)(=O)O.O=C(O)C(F)(F)F. The summed E-state index contributed by atoms with van der Waals surface area (Å²) in [5, 5.41) is 11.0. The van der Waals surface area contributed by atoms with Crippen molar-refractivity contribution in [1.29, 1.82) is 0 Å². The first-order valence-electron chi connectivity index (χ1n) is 2.00. The van der Waals surface area contributed by atoms with Gasteiger partial charge in [0, 0.05) is 0 Å². The van der Waals surface area contributed by atoms with Gasteiger partial charge in [0.1, 0.15) is 0 Å². The molecule has 0 aromatic rings. The Morgan fingerprint density at radius 3 is 1.42 bits per heavy atom. The van der Waals surface area contributed by atoms with Crippen LogP contribution in [0.1, 0.15) is 0 Å². The van der Waals surface area contributed by atoms with E-state index in [9.17, 15) is 13.2 Å². The number of rotatable bonds is 0. The zero-order valence-electron chi connectivity index (χ0n) is 5.24. The van der Waals surface area contributed by atoms with E-state index in [1.165, 1.54) is 0 Å². The molecule has 0 atom stereocenters. The Hall–Kier alpha value is -0.870. The number of carbonyl (C=O) groups is 1. The number of aliphatic carboxylic acids is 1. The van der Waals surface area contributed by atoms with Crippen LogP contribution in [0, 0.1) is 0 Å². The van der Waals surface area contributed by atoms with Crippen molar-refractivity contribution < 1.29 is 36.0 Å². The average molecular weight is 211 g/mol. The summed E-state index contributed by atoms with van der Waals surface area (Å²) in [6.07, 6.45) is -5.08. The summed E-state index contributed by atoms with van der Waals surface area (Å²) in [6, 6.07) is 0. The Labute approximate surface area is 64.7 Å². The molecule has 0 spiro atoms. The topological polar surface area (TPSA) is 118 Å². The molecule has 0 radical (unpaired) electrons. The van der Waals surface area contributed by atoms with Crippen LogP contribution in [-0.4, -0.2) is 30.2 Å². The van der Waals surface area contributed by atoms with Gasteiger partial charge in [0.15, 0.2) is 0 Å². The van der Waals surface area contributed by atoms with Gasteiger partial charge in [0.25, 0.3) is 0 Å². The molecule has 74 valence electrons. The van der Waals surface area contributed by atoms with Gasteiger partial charge in [-0.1, -0.05) is 0 Å². The first-order chi connectivity index (χ1) is 4.94. The van der Waals surface area contributed by atoms with Crippen LogP contribution >= 0.6 is 0 Å². The highest BCUT2D eigenvalue weighted by Gasteiger charge is 2.38. The molecule has 0 fully saturated rings. The molecule has 0 aromatic heterocycles. The van der Waals surface area contributed by atoms with Gasteiger partial charge in [-0.15, -0.1) is 0 Å². The van der Waals surface area contributed by atoms with Crippen molar-refractivity contribution in [2.24, 2.45) is 5.14 Å². The lowest BCUT2D eigenvalue weighted by Crippen LogP contribution is -2.21. The molecule has 0 amide bonds. The molecule has 0 saturated heterocycles. The fraction of sp³-hybridized carbons (Fsp3) is 0.500. The maximum Gasteiger partial charge on any atom is 0.490 e. The first kappa shape index (κ1) is 13.7. The van der Waals surface area contributed by atoms with E-state index in [4.69, 9.17) is 22.9 Å². The van der Waals surface area contributed by atoms with Crippen LogP contribution in [0.4, 0.5) is 13.2 Å². The molecule has 0 heterocycles. The van der Waals surface area contributed by atoms with E-state index in [1.54, 1.807) is 0 Å². The third kappa shape index (κ3) is 22.9. The van der Waals surface area contributed by atoms with E-state index >= 15 is 0 Å². The molecule has 12 heavy (non-hydrogen) atoms. The normalized spacial score (nSPS) is 11.4. The second-order valence-electron chi connectivity index (χ2n) is 1.32. The molecule has 0 unspecified atom stereocenters. The lowest BCUT2D eigenvalue weighted by molar-refractivity contribution is -0.192. The van der Waals surface area contributed by atoms with Crippen LogP contribution in [0.5, 0.6) is 0 Å². The lowest BCUT2D eigenvalue weighted by Gasteiger charge is -1.93. The number of alkyl halides is 3. The predicted molar refractivity (Wildman–Crippen MR) is 29.4 cm³/mol. The average Bonchev–Trinajstić information content (AvgIpc) is 1.55. The van der Waals surface area contributed by atoms with Crippen molar-refractivity contribution in [3.8, 4) is 0 Å². The highest BCUT2D eigenvalue weighted by molar-refractivity contribution is 7.83. The smallest absolute Gasteiger partial charge is 0.475 e. The van der Waals surface area contributed by atoms with Crippen LogP contribution in [0.2, 0.25) is 0 Å². The van der Waals surface area contributed by atoms with Gasteiger partial charge in [-0.3, -0.25) is 4.55 Å². The minimum atomic E-state index is -5.08. The minimum Gasteiger partial charge on any atom is -0.475 e. The highest BCUT2D eigenvalue weighted by Crippen LogP contribution is 2.13. The van der Waals surface area contributed by atoms with Gasteiger partial charge < -0.3 is 5.11 Å². The largest absolute Gasteiger partial charge is 0.490 e. The van der Waals surface area contributed by atoms with Gasteiger partial charge >= 0.3 is 22.4 Å². The molecular weight excluding hydrogens is 207 g/mol. The minimum absolute atomic E-state index is 2.76. The van der Waals surface area contributed by atoms with Crippen LogP contribution in [0.25, 0.3) is 0 Å². The number of hydrogen-bond donors (Lipinski definition) is 3. The van der Waals surface area contributed by atoms with E-state index in [2.05, 4.69) is 5.14 Å². The Bertz CT molecular complexity index is 234. The third-order valence-corrected chi connectivity index (χ3v) is 0.243. The van der Waals surface area contributed by atoms with E-state index < -0.39 is 22.4 Å². The molecule has 0 aliphatic rings. The summed E-state index contributed by atoms with van der Waals surface area (Å²) in [7, 11) is -4.17. The Balaban J connectivity index is 0. The summed E-state index contributed by atoms with van der Waals surface area (Å²) in [5.74, 6) is -2.76. The Morgan fingerprint density at radius 1 is 1.33 bits per heavy atom. The zero-order chi connectivity index (χ0) is 10.6. The van der Waals surface area contributed by atoms with Crippen molar-refractivity contribution in [2.75, 3.05) is 0 Å².